The van der Waals surface area contributed by atoms with Crippen LogP contribution < -0.4 is 5.32 Å². The molecule has 1 saturated carbocycles. The van der Waals surface area contributed by atoms with E-state index in [1.165, 1.54) is 0 Å². The highest BCUT2D eigenvalue weighted by Crippen LogP contribution is 2.29. The minimum absolute atomic E-state index is 0.0759. The minimum atomic E-state index is 0.0759. The number of benzene rings is 1. The Morgan fingerprint density at radius 1 is 1.31 bits per heavy atom. The van der Waals surface area contributed by atoms with E-state index in [2.05, 4.69) is 15.5 Å². The highest BCUT2D eigenvalue weighted by molar-refractivity contribution is 5.78. The van der Waals surface area contributed by atoms with Crippen molar-refractivity contribution in [3.8, 4) is 11.3 Å². The first-order chi connectivity index (χ1) is 12.7. The van der Waals surface area contributed by atoms with E-state index in [1.807, 2.05) is 48.3 Å². The number of nitrogens with zero attached hydrogens (tertiary/aromatic N) is 2. The number of nitrogens with one attached hydrogen (secondary N) is 2. The van der Waals surface area contributed by atoms with Gasteiger partial charge in [-0.1, -0.05) is 30.3 Å². The number of H-pyrrole nitrogens is 1. The highest BCUT2D eigenvalue weighted by Gasteiger charge is 2.36. The normalized spacial score (nSPS) is 25.5. The monoisotopic (exact) mass is 354 g/mol. The van der Waals surface area contributed by atoms with E-state index in [9.17, 15) is 4.79 Å². The van der Waals surface area contributed by atoms with Crippen molar-refractivity contribution in [2.24, 2.45) is 5.92 Å². The van der Waals surface area contributed by atoms with Gasteiger partial charge in [0.25, 0.3) is 0 Å². The summed E-state index contributed by atoms with van der Waals surface area (Å²) in [5, 5.41) is 10.9. The molecule has 0 bridgehead atoms. The van der Waals surface area contributed by atoms with Gasteiger partial charge in [-0.2, -0.15) is 5.10 Å². The molecule has 1 amide bonds. The molecule has 1 saturated heterocycles. The molecule has 4 rings (SSSR count). The highest BCUT2D eigenvalue weighted by atomic mass is 16.5. The number of morpholine rings is 1. The molecule has 0 radical (unpaired) electrons. The summed E-state index contributed by atoms with van der Waals surface area (Å²) >= 11 is 0. The molecule has 2 aliphatic rings. The fourth-order valence-electron chi connectivity index (χ4n) is 4.08. The summed E-state index contributed by atoms with van der Waals surface area (Å²) in [4.78, 5) is 14.7. The van der Waals surface area contributed by atoms with Crippen LogP contribution in [0.5, 0.6) is 0 Å². The lowest BCUT2D eigenvalue weighted by atomic mass is 9.82. The number of hydrogen-bond donors (Lipinski definition) is 2. The number of fused-ring (bicyclic) bond motifs is 1. The molecule has 1 aromatic carbocycles. The SMILES string of the molecule is CN(Cc1cc(-c2ccccc2)n[nH]1)C(=O)[C@H]1CC[C@H]2OCCN[C@@H]2C1. The van der Waals surface area contributed by atoms with Gasteiger partial charge in [0, 0.05) is 31.1 Å². The van der Waals surface area contributed by atoms with E-state index in [0.29, 0.717) is 12.6 Å². The number of carbonyl (C=O) groups excluding carboxylic acids is 1. The molecule has 138 valence electrons. The first-order valence-electron chi connectivity index (χ1n) is 9.40. The molecule has 3 atom stereocenters. The maximum Gasteiger partial charge on any atom is 0.225 e. The summed E-state index contributed by atoms with van der Waals surface area (Å²) in [5.41, 5.74) is 2.93. The van der Waals surface area contributed by atoms with Crippen LogP contribution in [0.25, 0.3) is 11.3 Å². The Hall–Kier alpha value is -2.18. The molecular weight excluding hydrogens is 328 g/mol. The molecule has 2 aromatic rings. The predicted molar refractivity (Wildman–Crippen MR) is 99.4 cm³/mol. The number of rotatable bonds is 4. The second kappa shape index (κ2) is 7.60. The zero-order chi connectivity index (χ0) is 17.9. The number of ether oxygens (including phenoxy) is 1. The Balaban J connectivity index is 1.36. The molecule has 26 heavy (non-hydrogen) atoms. The summed E-state index contributed by atoms with van der Waals surface area (Å²) in [7, 11) is 1.88. The summed E-state index contributed by atoms with van der Waals surface area (Å²) in [6.45, 7) is 2.21. The minimum Gasteiger partial charge on any atom is -0.375 e. The van der Waals surface area contributed by atoms with Gasteiger partial charge in [0.05, 0.1) is 30.6 Å². The van der Waals surface area contributed by atoms with Crippen LogP contribution in [0.2, 0.25) is 0 Å². The Bertz CT molecular complexity index is 745. The topological polar surface area (TPSA) is 70.2 Å². The molecule has 6 nitrogen and oxygen atoms in total. The van der Waals surface area contributed by atoms with Crippen LogP contribution in [0.1, 0.15) is 25.0 Å². The summed E-state index contributed by atoms with van der Waals surface area (Å²) in [6, 6.07) is 12.4. The van der Waals surface area contributed by atoms with Crippen LogP contribution in [-0.4, -0.2) is 53.3 Å². The fourth-order valence-corrected chi connectivity index (χ4v) is 4.08. The molecule has 1 aliphatic carbocycles. The Morgan fingerprint density at radius 2 is 2.15 bits per heavy atom. The van der Waals surface area contributed by atoms with Crippen LogP contribution >= 0.6 is 0 Å². The Kier molecular flexibility index (Phi) is 5.04. The third-order valence-electron chi connectivity index (χ3n) is 5.46. The molecular formula is C20H26N4O2. The van der Waals surface area contributed by atoms with Gasteiger partial charge in [0.1, 0.15) is 0 Å². The average Bonchev–Trinajstić information content (AvgIpc) is 3.16. The third-order valence-corrected chi connectivity index (χ3v) is 5.46. The van der Waals surface area contributed by atoms with Crippen LogP contribution in [0.4, 0.5) is 0 Å². The van der Waals surface area contributed by atoms with E-state index in [0.717, 1.165) is 49.4 Å². The third kappa shape index (κ3) is 3.66. The summed E-state index contributed by atoms with van der Waals surface area (Å²) in [6.07, 6.45) is 3.01. The van der Waals surface area contributed by atoms with Crippen LogP contribution in [0.3, 0.4) is 0 Å². The first-order valence-corrected chi connectivity index (χ1v) is 9.40. The standard InChI is InChI=1S/C20H26N4O2/c1-24(13-16-12-17(23-22-16)14-5-3-2-4-6-14)20(25)15-7-8-19-18(11-15)21-9-10-26-19/h2-6,12,15,18-19,21H,7-11,13H2,1H3,(H,22,23)/t15-,18+,19+/m0/s1. The molecule has 6 heteroatoms. The number of aromatic nitrogens is 2. The maximum atomic E-state index is 12.9. The van der Waals surface area contributed by atoms with E-state index in [-0.39, 0.29) is 17.9 Å². The predicted octanol–water partition coefficient (Wildman–Crippen LogP) is 2.19. The fraction of sp³-hybridized carbons (Fsp3) is 0.500. The van der Waals surface area contributed by atoms with E-state index in [1.54, 1.807) is 0 Å². The zero-order valence-electron chi connectivity index (χ0n) is 15.1. The maximum absolute atomic E-state index is 12.9. The Morgan fingerprint density at radius 3 is 3.00 bits per heavy atom. The van der Waals surface area contributed by atoms with Crippen LogP contribution in [-0.2, 0) is 16.1 Å². The molecule has 2 N–H and O–H groups in total. The van der Waals surface area contributed by atoms with Gasteiger partial charge in [-0.3, -0.25) is 9.89 Å². The van der Waals surface area contributed by atoms with Gasteiger partial charge in [0.2, 0.25) is 5.91 Å². The second-order valence-corrected chi connectivity index (χ2v) is 7.32. The van der Waals surface area contributed by atoms with Crippen molar-refractivity contribution in [3.05, 3.63) is 42.1 Å². The first kappa shape index (κ1) is 17.2. The number of aromatic amines is 1. The van der Waals surface area contributed by atoms with E-state index in [4.69, 9.17) is 4.74 Å². The van der Waals surface area contributed by atoms with Crippen molar-refractivity contribution >= 4 is 5.91 Å². The molecule has 2 fully saturated rings. The molecule has 1 aliphatic heterocycles. The zero-order valence-corrected chi connectivity index (χ0v) is 15.1. The van der Waals surface area contributed by atoms with Gasteiger partial charge < -0.3 is 15.0 Å². The number of hydrogen-bond acceptors (Lipinski definition) is 4. The van der Waals surface area contributed by atoms with Gasteiger partial charge in [-0.15, -0.1) is 0 Å². The Labute approximate surface area is 153 Å². The quantitative estimate of drug-likeness (QED) is 0.883. The summed E-state index contributed by atoms with van der Waals surface area (Å²) in [5.74, 6) is 0.290. The van der Waals surface area contributed by atoms with Crippen molar-refractivity contribution in [3.63, 3.8) is 0 Å². The van der Waals surface area contributed by atoms with Crippen molar-refractivity contribution in [2.45, 2.75) is 38.0 Å². The van der Waals surface area contributed by atoms with Gasteiger partial charge >= 0.3 is 0 Å². The lowest BCUT2D eigenvalue weighted by Crippen LogP contribution is -2.53. The van der Waals surface area contributed by atoms with Crippen molar-refractivity contribution in [1.82, 2.24) is 20.4 Å². The smallest absolute Gasteiger partial charge is 0.225 e. The van der Waals surface area contributed by atoms with E-state index < -0.39 is 0 Å². The number of amides is 1. The lowest BCUT2D eigenvalue weighted by Gasteiger charge is -2.40. The number of carbonyl (C=O) groups is 1. The van der Waals surface area contributed by atoms with Crippen LogP contribution in [0.15, 0.2) is 36.4 Å². The van der Waals surface area contributed by atoms with E-state index >= 15 is 0 Å². The second-order valence-electron chi connectivity index (χ2n) is 7.32. The lowest BCUT2D eigenvalue weighted by molar-refractivity contribution is -0.138. The average molecular weight is 354 g/mol. The largest absolute Gasteiger partial charge is 0.375 e. The van der Waals surface area contributed by atoms with Crippen molar-refractivity contribution in [2.75, 3.05) is 20.2 Å². The van der Waals surface area contributed by atoms with Crippen molar-refractivity contribution < 1.29 is 9.53 Å². The van der Waals surface area contributed by atoms with Crippen molar-refractivity contribution in [1.29, 1.82) is 0 Å². The molecule has 0 unspecified atom stereocenters. The van der Waals surface area contributed by atoms with Gasteiger partial charge in [-0.05, 0) is 25.3 Å². The molecule has 2 heterocycles. The van der Waals surface area contributed by atoms with Crippen LogP contribution in [0, 0.1) is 5.92 Å². The molecule has 0 spiro atoms. The molecule has 1 aromatic heterocycles. The van der Waals surface area contributed by atoms with Gasteiger partial charge in [0.15, 0.2) is 0 Å². The van der Waals surface area contributed by atoms with Gasteiger partial charge in [-0.25, -0.2) is 0 Å². The summed E-state index contributed by atoms with van der Waals surface area (Å²) < 4.78 is 5.81.